The van der Waals surface area contributed by atoms with Crippen molar-refractivity contribution in [2.45, 2.75) is 51.9 Å². The van der Waals surface area contributed by atoms with Crippen LogP contribution in [0.3, 0.4) is 0 Å². The summed E-state index contributed by atoms with van der Waals surface area (Å²) in [6.07, 6.45) is 2.43. The molecule has 0 radical (unpaired) electrons. The highest BCUT2D eigenvalue weighted by atomic mass is 35.5. The third-order valence-corrected chi connectivity index (χ3v) is 6.01. The van der Waals surface area contributed by atoms with Crippen molar-refractivity contribution in [3.8, 4) is 0 Å². The zero-order valence-corrected chi connectivity index (χ0v) is 22.1. The molecule has 0 unspecified atom stereocenters. The summed E-state index contributed by atoms with van der Waals surface area (Å²) in [5, 5.41) is 8.65. The number of halogens is 2. The van der Waals surface area contributed by atoms with Gasteiger partial charge in [-0.25, -0.2) is 0 Å². The molecule has 0 spiro atoms. The van der Waals surface area contributed by atoms with Crippen LogP contribution in [0.4, 0.5) is 0 Å². The van der Waals surface area contributed by atoms with Crippen LogP contribution in [-0.4, -0.2) is 40.9 Å². The number of aromatic nitrogens is 2. The quantitative estimate of drug-likeness (QED) is 0.328. The number of methoxy groups -OCH3 is 1. The van der Waals surface area contributed by atoms with Crippen LogP contribution >= 0.6 is 23.2 Å². The molecular formula is C27H31Cl2N3O4. The van der Waals surface area contributed by atoms with Crippen molar-refractivity contribution in [3.63, 3.8) is 0 Å². The molecule has 0 aliphatic carbocycles. The second kappa shape index (κ2) is 13.4. The van der Waals surface area contributed by atoms with E-state index in [1.54, 1.807) is 16.9 Å². The van der Waals surface area contributed by atoms with E-state index in [0.717, 1.165) is 16.8 Å². The van der Waals surface area contributed by atoms with Gasteiger partial charge in [0.25, 0.3) is 0 Å². The summed E-state index contributed by atoms with van der Waals surface area (Å²) in [6.45, 7) is 4.61. The first-order chi connectivity index (χ1) is 17.2. The summed E-state index contributed by atoms with van der Waals surface area (Å²) >= 11 is 12.3. The van der Waals surface area contributed by atoms with Crippen molar-refractivity contribution in [1.29, 1.82) is 0 Å². The van der Waals surface area contributed by atoms with Gasteiger partial charge >= 0.3 is 11.9 Å². The minimum absolute atomic E-state index is 0.161. The molecule has 0 aliphatic heterocycles. The van der Waals surface area contributed by atoms with E-state index in [0.29, 0.717) is 23.0 Å². The van der Waals surface area contributed by atoms with E-state index < -0.39 is 24.0 Å². The molecule has 9 heteroatoms. The lowest BCUT2D eigenvalue weighted by Gasteiger charge is -2.24. The fourth-order valence-electron chi connectivity index (χ4n) is 3.89. The van der Waals surface area contributed by atoms with Gasteiger partial charge in [-0.15, -0.1) is 0 Å². The van der Waals surface area contributed by atoms with Gasteiger partial charge in [0.1, 0.15) is 18.7 Å². The number of rotatable bonds is 12. The van der Waals surface area contributed by atoms with Gasteiger partial charge < -0.3 is 9.47 Å². The fraction of sp³-hybridized carbons (Fsp3) is 0.370. The van der Waals surface area contributed by atoms with E-state index in [2.05, 4.69) is 10.4 Å². The summed E-state index contributed by atoms with van der Waals surface area (Å²) in [5.41, 5.74) is 2.56. The maximum atomic E-state index is 13.0. The number of hydrogen-bond donors (Lipinski definition) is 1. The predicted molar refractivity (Wildman–Crippen MR) is 140 cm³/mol. The van der Waals surface area contributed by atoms with Crippen LogP contribution in [-0.2, 0) is 38.6 Å². The molecular weight excluding hydrogens is 501 g/mol. The molecule has 36 heavy (non-hydrogen) atoms. The Hall–Kier alpha value is -2.87. The van der Waals surface area contributed by atoms with Gasteiger partial charge in [0, 0.05) is 28.4 Å². The molecule has 3 rings (SSSR count). The van der Waals surface area contributed by atoms with Gasteiger partial charge in [-0.1, -0.05) is 67.4 Å². The Kier molecular flexibility index (Phi) is 10.3. The topological polar surface area (TPSA) is 82.5 Å². The number of hydrogen-bond acceptors (Lipinski definition) is 6. The number of carbonyl (C=O) groups excluding carboxylic acids is 2. The fourth-order valence-corrected chi connectivity index (χ4v) is 4.46. The molecule has 1 heterocycles. The van der Waals surface area contributed by atoms with Gasteiger partial charge in [0.2, 0.25) is 0 Å². The van der Waals surface area contributed by atoms with Gasteiger partial charge in [0.15, 0.2) is 0 Å². The van der Waals surface area contributed by atoms with Crippen LogP contribution in [0.25, 0.3) is 0 Å². The van der Waals surface area contributed by atoms with E-state index in [-0.39, 0.29) is 18.9 Å². The van der Waals surface area contributed by atoms with Crippen LogP contribution in [0.5, 0.6) is 0 Å². The Morgan fingerprint density at radius 1 is 0.972 bits per heavy atom. The lowest BCUT2D eigenvalue weighted by atomic mass is 10.0. The first kappa shape index (κ1) is 27.7. The number of ether oxygens (including phenoxy) is 2. The number of nitrogens with zero attached hydrogens (tertiary/aromatic N) is 2. The molecule has 0 saturated carbocycles. The second-order valence-electron chi connectivity index (χ2n) is 8.98. The largest absolute Gasteiger partial charge is 0.468 e. The van der Waals surface area contributed by atoms with Crippen LogP contribution in [0, 0.1) is 5.92 Å². The van der Waals surface area contributed by atoms with Gasteiger partial charge in [-0.05, 0) is 47.7 Å². The summed E-state index contributed by atoms with van der Waals surface area (Å²) < 4.78 is 12.4. The maximum absolute atomic E-state index is 13.0. The van der Waals surface area contributed by atoms with Gasteiger partial charge in [0.05, 0.1) is 13.7 Å². The zero-order chi connectivity index (χ0) is 26.1. The lowest BCUT2D eigenvalue weighted by molar-refractivity contribution is -0.149. The Morgan fingerprint density at radius 2 is 1.67 bits per heavy atom. The van der Waals surface area contributed by atoms with Crippen molar-refractivity contribution in [2.24, 2.45) is 5.92 Å². The molecule has 0 fully saturated rings. The van der Waals surface area contributed by atoms with Crippen molar-refractivity contribution in [1.82, 2.24) is 15.1 Å². The van der Waals surface area contributed by atoms with E-state index >= 15 is 0 Å². The normalized spacial score (nSPS) is 12.8. The molecule has 2 atom stereocenters. The highest BCUT2D eigenvalue weighted by molar-refractivity contribution is 6.34. The molecule has 192 valence electrons. The Balaban J connectivity index is 1.74. The number of carbonyl (C=O) groups is 2. The molecule has 0 saturated heterocycles. The molecule has 3 aromatic rings. The van der Waals surface area contributed by atoms with Crippen LogP contribution in [0.1, 0.15) is 37.1 Å². The SMILES string of the molecule is COC(=O)[C@H](Cc1ccnn1Cc1cc(Cl)cc(Cl)c1)N[C@@H](CC(C)C)C(=O)OCc1ccccc1. The summed E-state index contributed by atoms with van der Waals surface area (Å²) in [7, 11) is 1.33. The van der Waals surface area contributed by atoms with Crippen LogP contribution in [0.15, 0.2) is 60.8 Å². The maximum Gasteiger partial charge on any atom is 0.323 e. The summed E-state index contributed by atoms with van der Waals surface area (Å²) in [5.74, 6) is -0.690. The highest BCUT2D eigenvalue weighted by Crippen LogP contribution is 2.20. The Morgan fingerprint density at radius 3 is 2.31 bits per heavy atom. The Labute approximate surface area is 221 Å². The molecule has 0 aliphatic rings. The third kappa shape index (κ3) is 8.36. The smallest absolute Gasteiger partial charge is 0.323 e. The predicted octanol–water partition coefficient (Wildman–Crippen LogP) is 5.07. The minimum Gasteiger partial charge on any atom is -0.468 e. The van der Waals surface area contributed by atoms with E-state index in [1.807, 2.05) is 62.4 Å². The van der Waals surface area contributed by atoms with Crippen LogP contribution < -0.4 is 5.32 Å². The molecule has 0 amide bonds. The zero-order valence-electron chi connectivity index (χ0n) is 20.6. The van der Waals surface area contributed by atoms with E-state index in [4.69, 9.17) is 32.7 Å². The average molecular weight is 532 g/mol. The van der Waals surface area contributed by atoms with E-state index in [9.17, 15) is 9.59 Å². The van der Waals surface area contributed by atoms with Crippen molar-refractivity contribution < 1.29 is 19.1 Å². The standard InChI is InChI=1S/C27H31Cl2N3O4/c1-18(2)11-24(27(34)36-17-19-7-5-4-6-8-19)31-25(26(33)35-3)15-23-9-10-30-32(23)16-20-12-21(28)14-22(29)13-20/h4-10,12-14,18,24-25,31H,11,15-17H2,1-3H3/t24-,25-/m0/s1. The van der Waals surface area contributed by atoms with Crippen molar-refractivity contribution in [3.05, 3.63) is 87.7 Å². The first-order valence-electron chi connectivity index (χ1n) is 11.7. The monoisotopic (exact) mass is 531 g/mol. The molecule has 1 N–H and O–H groups in total. The minimum atomic E-state index is -0.776. The molecule has 1 aromatic heterocycles. The first-order valence-corrected chi connectivity index (χ1v) is 12.5. The number of benzene rings is 2. The average Bonchev–Trinajstić information content (AvgIpc) is 3.27. The molecule has 7 nitrogen and oxygen atoms in total. The number of esters is 2. The molecule has 0 bridgehead atoms. The second-order valence-corrected chi connectivity index (χ2v) is 9.85. The molecule has 2 aromatic carbocycles. The van der Waals surface area contributed by atoms with Crippen LogP contribution in [0.2, 0.25) is 10.0 Å². The number of nitrogens with one attached hydrogen (secondary N) is 1. The lowest BCUT2D eigenvalue weighted by Crippen LogP contribution is -2.50. The van der Waals surface area contributed by atoms with Crippen molar-refractivity contribution >= 4 is 35.1 Å². The summed E-state index contributed by atoms with van der Waals surface area (Å²) in [6, 6.07) is 15.1. The Bertz CT molecular complexity index is 1130. The van der Waals surface area contributed by atoms with E-state index in [1.165, 1.54) is 7.11 Å². The third-order valence-electron chi connectivity index (χ3n) is 5.58. The van der Waals surface area contributed by atoms with Gasteiger partial charge in [-0.2, -0.15) is 5.10 Å². The van der Waals surface area contributed by atoms with Crippen molar-refractivity contribution in [2.75, 3.05) is 7.11 Å². The highest BCUT2D eigenvalue weighted by Gasteiger charge is 2.30. The van der Waals surface area contributed by atoms with Gasteiger partial charge in [-0.3, -0.25) is 19.6 Å². The summed E-state index contributed by atoms with van der Waals surface area (Å²) in [4.78, 5) is 25.7.